The van der Waals surface area contributed by atoms with Gasteiger partial charge in [-0.3, -0.25) is 0 Å². The largest absolute Gasteiger partial charge is 0.489 e. The smallest absolute Gasteiger partial charge is 0.433 e. The lowest BCUT2D eigenvalue weighted by Crippen LogP contribution is -2.13. The normalized spacial score (nSPS) is 11.8. The van der Waals surface area contributed by atoms with E-state index in [4.69, 9.17) is 27.9 Å². The minimum atomic E-state index is -4.56. The Morgan fingerprint density at radius 2 is 1.70 bits per heavy atom. The van der Waals surface area contributed by atoms with Crippen LogP contribution in [0.25, 0.3) is 16.9 Å². The molecule has 30 heavy (non-hydrogen) atoms. The third-order valence-corrected chi connectivity index (χ3v) is 5.12. The van der Waals surface area contributed by atoms with Crippen molar-refractivity contribution in [2.75, 3.05) is 0 Å². The fraction of sp³-hybridized carbons (Fsp3) is 0.143. The Hall–Kier alpha value is -2.77. The van der Waals surface area contributed by atoms with Crippen molar-refractivity contribution in [3.63, 3.8) is 0 Å². The Bertz CT molecular complexity index is 1220. The van der Waals surface area contributed by atoms with E-state index in [-0.39, 0.29) is 17.9 Å². The number of aryl methyl sites for hydroxylation is 1. The van der Waals surface area contributed by atoms with E-state index in [9.17, 15) is 13.2 Å². The Kier molecular flexibility index (Phi) is 5.34. The summed E-state index contributed by atoms with van der Waals surface area (Å²) >= 11 is 11.9. The zero-order chi connectivity index (χ0) is 21.5. The molecule has 0 atom stereocenters. The monoisotopic (exact) mass is 451 g/mol. The van der Waals surface area contributed by atoms with Gasteiger partial charge in [0.05, 0.1) is 21.4 Å². The van der Waals surface area contributed by atoms with Crippen LogP contribution in [0.3, 0.4) is 0 Å². The summed E-state index contributed by atoms with van der Waals surface area (Å²) < 4.78 is 47.0. The Morgan fingerprint density at radius 3 is 2.37 bits per heavy atom. The number of hydrogen-bond acceptors (Lipinski definition) is 3. The molecule has 4 rings (SSSR count). The molecule has 0 aliphatic heterocycles. The van der Waals surface area contributed by atoms with Crippen LogP contribution in [0.5, 0.6) is 5.75 Å². The average molecular weight is 452 g/mol. The van der Waals surface area contributed by atoms with Crippen LogP contribution in [0, 0.1) is 6.92 Å². The summed E-state index contributed by atoms with van der Waals surface area (Å²) in [5, 5.41) is 4.78. The summed E-state index contributed by atoms with van der Waals surface area (Å²) in [4.78, 5) is 4.31. The molecule has 0 bridgehead atoms. The fourth-order valence-corrected chi connectivity index (χ4v) is 3.28. The topological polar surface area (TPSA) is 39.4 Å². The average Bonchev–Trinajstić information content (AvgIpc) is 3.07. The van der Waals surface area contributed by atoms with E-state index >= 15 is 0 Å². The first kappa shape index (κ1) is 20.5. The molecule has 4 aromatic rings. The number of hydrogen-bond donors (Lipinski definition) is 0. The Morgan fingerprint density at radius 1 is 0.967 bits per heavy atom. The summed E-state index contributed by atoms with van der Waals surface area (Å²) in [5.41, 5.74) is 1.28. The zero-order valence-corrected chi connectivity index (χ0v) is 17.1. The molecule has 4 nitrogen and oxygen atoms in total. The molecule has 0 aliphatic rings. The van der Waals surface area contributed by atoms with E-state index in [0.717, 1.165) is 16.1 Å². The number of halogens is 5. The number of fused-ring (bicyclic) bond motifs is 1. The van der Waals surface area contributed by atoms with Crippen LogP contribution in [0.2, 0.25) is 10.0 Å². The standard InChI is InChI=1S/C21H14Cl2F3N3O/c1-12-8-20-27-18(10-19(21(24,25)26)29(20)28-12)14-3-5-15(6-4-14)30-11-13-2-7-16(22)17(23)9-13/h2-10H,11H2,1H3. The van der Waals surface area contributed by atoms with Gasteiger partial charge in [-0.05, 0) is 55.0 Å². The number of alkyl halides is 3. The fourth-order valence-electron chi connectivity index (χ4n) is 2.96. The van der Waals surface area contributed by atoms with Crippen LogP contribution in [-0.4, -0.2) is 14.6 Å². The molecule has 0 fully saturated rings. The van der Waals surface area contributed by atoms with Gasteiger partial charge in [-0.2, -0.15) is 18.3 Å². The summed E-state index contributed by atoms with van der Waals surface area (Å²) in [6.07, 6.45) is -4.56. The van der Waals surface area contributed by atoms with Gasteiger partial charge in [0.2, 0.25) is 0 Å². The Labute approximate surface area is 179 Å². The second-order valence-electron chi connectivity index (χ2n) is 6.64. The summed E-state index contributed by atoms with van der Waals surface area (Å²) in [6, 6.07) is 14.4. The molecular weight excluding hydrogens is 438 g/mol. The molecule has 9 heteroatoms. The molecule has 154 valence electrons. The number of nitrogens with zero attached hydrogens (tertiary/aromatic N) is 3. The van der Waals surface area contributed by atoms with E-state index in [1.165, 1.54) is 6.07 Å². The quantitative estimate of drug-likeness (QED) is 0.350. The summed E-state index contributed by atoms with van der Waals surface area (Å²) in [6.45, 7) is 1.89. The molecular formula is C21H14Cl2F3N3O. The van der Waals surface area contributed by atoms with Gasteiger partial charge in [0.25, 0.3) is 0 Å². The van der Waals surface area contributed by atoms with Crippen molar-refractivity contribution in [1.82, 2.24) is 14.6 Å². The maximum Gasteiger partial charge on any atom is 0.433 e. The highest BCUT2D eigenvalue weighted by Gasteiger charge is 2.35. The van der Waals surface area contributed by atoms with E-state index in [1.54, 1.807) is 49.4 Å². The van der Waals surface area contributed by atoms with E-state index < -0.39 is 11.9 Å². The lowest BCUT2D eigenvalue weighted by molar-refractivity contribution is -0.142. The summed E-state index contributed by atoms with van der Waals surface area (Å²) in [7, 11) is 0. The molecule has 0 aliphatic carbocycles. The van der Waals surface area contributed by atoms with Gasteiger partial charge in [-0.15, -0.1) is 0 Å². The molecule has 2 aromatic heterocycles. The zero-order valence-electron chi connectivity index (χ0n) is 15.5. The molecule has 0 saturated carbocycles. The third-order valence-electron chi connectivity index (χ3n) is 4.38. The highest BCUT2D eigenvalue weighted by atomic mass is 35.5. The minimum absolute atomic E-state index is 0.136. The molecule has 0 N–H and O–H groups in total. The van der Waals surface area contributed by atoms with Crippen LogP contribution < -0.4 is 4.74 Å². The van der Waals surface area contributed by atoms with E-state index in [0.29, 0.717) is 27.1 Å². The first-order valence-electron chi connectivity index (χ1n) is 8.82. The van der Waals surface area contributed by atoms with Crippen molar-refractivity contribution >= 4 is 28.8 Å². The predicted molar refractivity (Wildman–Crippen MR) is 109 cm³/mol. The van der Waals surface area contributed by atoms with Gasteiger partial charge < -0.3 is 4.74 Å². The highest BCUT2D eigenvalue weighted by Crippen LogP contribution is 2.33. The maximum atomic E-state index is 13.5. The van der Waals surface area contributed by atoms with Crippen molar-refractivity contribution in [3.8, 4) is 17.0 Å². The third kappa shape index (κ3) is 4.22. The van der Waals surface area contributed by atoms with Crippen LogP contribution in [0.1, 0.15) is 17.0 Å². The lowest BCUT2D eigenvalue weighted by atomic mass is 10.1. The maximum absolute atomic E-state index is 13.5. The molecule has 2 heterocycles. The van der Waals surface area contributed by atoms with Gasteiger partial charge in [0.1, 0.15) is 12.4 Å². The number of aromatic nitrogens is 3. The highest BCUT2D eigenvalue weighted by molar-refractivity contribution is 6.42. The second kappa shape index (κ2) is 7.81. The van der Waals surface area contributed by atoms with Gasteiger partial charge in [-0.1, -0.05) is 29.3 Å². The number of rotatable bonds is 4. The van der Waals surface area contributed by atoms with Gasteiger partial charge in [0.15, 0.2) is 11.3 Å². The minimum Gasteiger partial charge on any atom is -0.489 e. The molecule has 0 amide bonds. The molecule has 0 spiro atoms. The van der Waals surface area contributed by atoms with Crippen LogP contribution in [-0.2, 0) is 12.8 Å². The Balaban J connectivity index is 1.59. The molecule has 2 aromatic carbocycles. The van der Waals surface area contributed by atoms with E-state index in [1.807, 2.05) is 0 Å². The molecule has 0 saturated heterocycles. The first-order chi connectivity index (χ1) is 14.2. The van der Waals surface area contributed by atoms with Crippen molar-refractivity contribution in [2.45, 2.75) is 19.7 Å². The van der Waals surface area contributed by atoms with Crippen molar-refractivity contribution < 1.29 is 17.9 Å². The van der Waals surface area contributed by atoms with Crippen molar-refractivity contribution in [2.24, 2.45) is 0 Å². The lowest BCUT2D eigenvalue weighted by Gasteiger charge is -2.12. The summed E-state index contributed by atoms with van der Waals surface area (Å²) in [5.74, 6) is 0.558. The van der Waals surface area contributed by atoms with E-state index in [2.05, 4.69) is 10.1 Å². The van der Waals surface area contributed by atoms with Gasteiger partial charge >= 0.3 is 6.18 Å². The SMILES string of the molecule is Cc1cc2nc(-c3ccc(OCc4ccc(Cl)c(Cl)c4)cc3)cc(C(F)(F)F)n2n1. The van der Waals surface area contributed by atoms with Crippen LogP contribution in [0.4, 0.5) is 13.2 Å². The predicted octanol–water partition coefficient (Wildman–Crippen LogP) is 6.61. The van der Waals surface area contributed by atoms with Gasteiger partial charge in [-0.25, -0.2) is 9.50 Å². The number of ether oxygens (including phenoxy) is 1. The van der Waals surface area contributed by atoms with Crippen LogP contribution >= 0.6 is 23.2 Å². The second-order valence-corrected chi connectivity index (χ2v) is 7.46. The molecule has 0 unspecified atom stereocenters. The number of benzene rings is 2. The van der Waals surface area contributed by atoms with Gasteiger partial charge in [0, 0.05) is 11.6 Å². The van der Waals surface area contributed by atoms with Crippen molar-refractivity contribution in [1.29, 1.82) is 0 Å². The van der Waals surface area contributed by atoms with Crippen LogP contribution in [0.15, 0.2) is 54.6 Å². The van der Waals surface area contributed by atoms with Crippen molar-refractivity contribution in [3.05, 3.63) is 81.6 Å². The first-order valence-corrected chi connectivity index (χ1v) is 9.58. The molecule has 0 radical (unpaired) electrons.